The van der Waals surface area contributed by atoms with Gasteiger partial charge in [-0.3, -0.25) is 4.40 Å². The lowest BCUT2D eigenvalue weighted by Gasteiger charge is -1.98. The summed E-state index contributed by atoms with van der Waals surface area (Å²) in [6, 6.07) is 4.12. The fraction of sp³-hybridized carbons (Fsp3) is 0.167. The number of aryl methyl sites for hydroxylation is 2. The van der Waals surface area contributed by atoms with Crippen molar-refractivity contribution in [3.8, 4) is 11.3 Å². The molecule has 3 rings (SSSR count). The van der Waals surface area contributed by atoms with Gasteiger partial charge in [-0.2, -0.15) is 0 Å². The van der Waals surface area contributed by atoms with Gasteiger partial charge in [0.2, 0.25) is 5.78 Å². The Morgan fingerprint density at radius 3 is 2.94 bits per heavy atom. The lowest BCUT2D eigenvalue weighted by molar-refractivity contribution is 1.11. The van der Waals surface area contributed by atoms with E-state index in [-0.39, 0.29) is 0 Å². The zero-order valence-corrected chi connectivity index (χ0v) is 9.95. The number of hydrogen-bond donors (Lipinski definition) is 0. The smallest absolute Gasteiger partial charge is 0.234 e. The largest absolute Gasteiger partial charge is 0.283 e. The van der Waals surface area contributed by atoms with E-state index in [1.165, 1.54) is 10.4 Å². The van der Waals surface area contributed by atoms with Crippen molar-refractivity contribution < 1.29 is 0 Å². The molecule has 0 saturated carbocycles. The summed E-state index contributed by atoms with van der Waals surface area (Å²) in [6.07, 6.45) is 3.77. The lowest BCUT2D eigenvalue weighted by atomic mass is 10.2. The zero-order valence-electron chi connectivity index (χ0n) is 9.14. The third kappa shape index (κ3) is 1.34. The quantitative estimate of drug-likeness (QED) is 0.642. The molecule has 0 atom stereocenters. The zero-order chi connectivity index (χ0) is 11.1. The van der Waals surface area contributed by atoms with Crippen molar-refractivity contribution in [3.63, 3.8) is 0 Å². The first kappa shape index (κ1) is 9.54. The van der Waals surface area contributed by atoms with E-state index < -0.39 is 0 Å². The normalized spacial score (nSPS) is 11.1. The van der Waals surface area contributed by atoms with Crippen molar-refractivity contribution in [2.45, 2.75) is 13.8 Å². The van der Waals surface area contributed by atoms with Crippen molar-refractivity contribution in [2.75, 3.05) is 0 Å². The van der Waals surface area contributed by atoms with Crippen molar-refractivity contribution in [2.24, 2.45) is 0 Å². The second kappa shape index (κ2) is 3.42. The minimum absolute atomic E-state index is 0.763. The molecule has 0 saturated heterocycles. The highest BCUT2D eigenvalue weighted by Crippen LogP contribution is 2.28. The first-order chi connectivity index (χ1) is 7.75. The first-order valence-corrected chi connectivity index (χ1v) is 5.99. The monoisotopic (exact) mass is 229 g/mol. The maximum Gasteiger partial charge on any atom is 0.234 e. The number of hydrogen-bond acceptors (Lipinski definition) is 3. The van der Waals surface area contributed by atoms with Gasteiger partial charge in [-0.1, -0.05) is 0 Å². The SMILES string of the molecule is Cc1cc(-c2c(C)nc3ncccn23)cs1. The second-order valence-electron chi connectivity index (χ2n) is 3.78. The maximum absolute atomic E-state index is 4.46. The molecule has 0 aliphatic heterocycles. The average molecular weight is 229 g/mol. The summed E-state index contributed by atoms with van der Waals surface area (Å²) < 4.78 is 2.04. The molecule has 0 aliphatic rings. The predicted octanol–water partition coefficient (Wildman–Crippen LogP) is 3.07. The molecule has 0 amide bonds. The van der Waals surface area contributed by atoms with Gasteiger partial charge in [0, 0.05) is 28.2 Å². The topological polar surface area (TPSA) is 30.2 Å². The Bertz CT molecular complexity index is 651. The van der Waals surface area contributed by atoms with Gasteiger partial charge < -0.3 is 0 Å². The highest BCUT2D eigenvalue weighted by molar-refractivity contribution is 7.10. The van der Waals surface area contributed by atoms with Crippen molar-refractivity contribution in [3.05, 3.63) is 40.5 Å². The molecule has 0 fully saturated rings. The van der Waals surface area contributed by atoms with Crippen LogP contribution in [-0.4, -0.2) is 14.4 Å². The van der Waals surface area contributed by atoms with Gasteiger partial charge in [-0.05, 0) is 26.0 Å². The lowest BCUT2D eigenvalue weighted by Crippen LogP contribution is -1.88. The highest BCUT2D eigenvalue weighted by atomic mass is 32.1. The van der Waals surface area contributed by atoms with Gasteiger partial charge >= 0.3 is 0 Å². The Balaban J connectivity index is 2.34. The van der Waals surface area contributed by atoms with Crippen LogP contribution >= 0.6 is 11.3 Å². The summed E-state index contributed by atoms with van der Waals surface area (Å²) in [7, 11) is 0. The third-order valence-electron chi connectivity index (χ3n) is 2.58. The van der Waals surface area contributed by atoms with Gasteiger partial charge in [0.1, 0.15) is 0 Å². The molecule has 0 aliphatic carbocycles. The van der Waals surface area contributed by atoms with E-state index in [1.54, 1.807) is 17.5 Å². The van der Waals surface area contributed by atoms with E-state index in [0.29, 0.717) is 0 Å². The van der Waals surface area contributed by atoms with Crippen LogP contribution in [0.3, 0.4) is 0 Å². The van der Waals surface area contributed by atoms with Crippen LogP contribution < -0.4 is 0 Å². The van der Waals surface area contributed by atoms with E-state index in [9.17, 15) is 0 Å². The predicted molar refractivity (Wildman–Crippen MR) is 65.8 cm³/mol. The molecule has 4 heteroatoms. The Hall–Kier alpha value is -1.68. The summed E-state index contributed by atoms with van der Waals surface area (Å²) in [5, 5.41) is 2.17. The third-order valence-corrected chi connectivity index (χ3v) is 3.44. The average Bonchev–Trinajstić information content (AvgIpc) is 2.80. The van der Waals surface area contributed by atoms with Crippen molar-refractivity contribution in [1.82, 2.24) is 14.4 Å². The van der Waals surface area contributed by atoms with E-state index in [4.69, 9.17) is 0 Å². The van der Waals surface area contributed by atoms with Gasteiger partial charge in [0.25, 0.3) is 0 Å². The number of thiophene rings is 1. The number of rotatable bonds is 1. The number of nitrogens with zero attached hydrogens (tertiary/aromatic N) is 3. The van der Waals surface area contributed by atoms with E-state index >= 15 is 0 Å². The molecule has 3 aromatic heterocycles. The second-order valence-corrected chi connectivity index (χ2v) is 4.90. The number of fused-ring (bicyclic) bond motifs is 1. The molecular formula is C12H11N3S. The fourth-order valence-electron chi connectivity index (χ4n) is 1.91. The molecule has 0 unspecified atom stereocenters. The maximum atomic E-state index is 4.46. The minimum Gasteiger partial charge on any atom is -0.283 e. The summed E-state index contributed by atoms with van der Waals surface area (Å²) in [5.41, 5.74) is 3.39. The van der Waals surface area contributed by atoms with Crippen molar-refractivity contribution in [1.29, 1.82) is 0 Å². The summed E-state index contributed by atoms with van der Waals surface area (Å²) in [5.74, 6) is 0.763. The standard InChI is InChI=1S/C12H11N3S/c1-8-6-10(7-16-8)11-9(2)14-12-13-4-3-5-15(11)12/h3-7H,1-2H3. The molecule has 80 valence electrons. The van der Waals surface area contributed by atoms with E-state index in [0.717, 1.165) is 17.2 Å². The molecule has 0 N–H and O–H groups in total. The van der Waals surface area contributed by atoms with E-state index in [2.05, 4.69) is 28.3 Å². The summed E-state index contributed by atoms with van der Waals surface area (Å²) >= 11 is 1.76. The molecule has 0 bridgehead atoms. The van der Waals surface area contributed by atoms with Crippen LogP contribution in [0.25, 0.3) is 17.0 Å². The van der Waals surface area contributed by atoms with Crippen LogP contribution in [-0.2, 0) is 0 Å². The summed E-state index contributed by atoms with van der Waals surface area (Å²) in [4.78, 5) is 10.0. The number of imidazole rings is 1. The minimum atomic E-state index is 0.763. The van der Waals surface area contributed by atoms with Crippen LogP contribution in [0.2, 0.25) is 0 Å². The molecule has 0 aromatic carbocycles. The number of aromatic nitrogens is 3. The Morgan fingerprint density at radius 1 is 1.31 bits per heavy atom. The molecule has 16 heavy (non-hydrogen) atoms. The van der Waals surface area contributed by atoms with Gasteiger partial charge in [0.15, 0.2) is 0 Å². The highest BCUT2D eigenvalue weighted by Gasteiger charge is 2.11. The molecule has 0 spiro atoms. The van der Waals surface area contributed by atoms with Gasteiger partial charge in [-0.25, -0.2) is 9.97 Å². The first-order valence-electron chi connectivity index (χ1n) is 5.11. The molecule has 3 aromatic rings. The molecule has 3 heterocycles. The van der Waals surface area contributed by atoms with Crippen LogP contribution in [0.5, 0.6) is 0 Å². The Labute approximate surface area is 97.4 Å². The summed E-state index contributed by atoms with van der Waals surface area (Å²) in [6.45, 7) is 4.14. The van der Waals surface area contributed by atoms with Gasteiger partial charge in [-0.15, -0.1) is 11.3 Å². The van der Waals surface area contributed by atoms with E-state index in [1.807, 2.05) is 23.6 Å². The van der Waals surface area contributed by atoms with Crippen LogP contribution in [0.4, 0.5) is 0 Å². The van der Waals surface area contributed by atoms with Gasteiger partial charge in [0.05, 0.1) is 11.4 Å². The van der Waals surface area contributed by atoms with Crippen LogP contribution in [0.15, 0.2) is 29.9 Å². The van der Waals surface area contributed by atoms with Crippen LogP contribution in [0.1, 0.15) is 10.6 Å². The molecular weight excluding hydrogens is 218 g/mol. The Kier molecular flexibility index (Phi) is 2.04. The van der Waals surface area contributed by atoms with Crippen molar-refractivity contribution >= 4 is 17.1 Å². The molecule has 3 nitrogen and oxygen atoms in total. The fourth-order valence-corrected chi connectivity index (χ4v) is 2.60. The Morgan fingerprint density at radius 2 is 2.19 bits per heavy atom. The van der Waals surface area contributed by atoms with Crippen LogP contribution in [0, 0.1) is 13.8 Å². The molecule has 0 radical (unpaired) electrons.